The second-order valence-electron chi connectivity index (χ2n) is 5.09. The zero-order valence-electron chi connectivity index (χ0n) is 12.5. The summed E-state index contributed by atoms with van der Waals surface area (Å²) < 4.78 is 5.42. The third kappa shape index (κ3) is 3.61. The fourth-order valence-corrected chi connectivity index (χ4v) is 2.49. The van der Waals surface area contributed by atoms with Crippen molar-refractivity contribution in [1.29, 1.82) is 0 Å². The van der Waals surface area contributed by atoms with E-state index in [-0.39, 0.29) is 0 Å². The van der Waals surface area contributed by atoms with Crippen LogP contribution in [0, 0.1) is 6.92 Å². The van der Waals surface area contributed by atoms with E-state index in [1.807, 2.05) is 7.05 Å². The molecule has 106 valence electrons. The van der Waals surface area contributed by atoms with Gasteiger partial charge in [-0.1, -0.05) is 42.5 Å². The summed E-state index contributed by atoms with van der Waals surface area (Å²) in [7, 11) is 3.74. The molecule has 0 aromatic heterocycles. The topological polar surface area (TPSA) is 21.3 Å². The maximum atomic E-state index is 5.42. The Labute approximate surface area is 121 Å². The number of nitrogens with one attached hydrogen (secondary N) is 1. The van der Waals surface area contributed by atoms with Crippen LogP contribution in [-0.4, -0.2) is 14.2 Å². The summed E-state index contributed by atoms with van der Waals surface area (Å²) in [4.78, 5) is 0. The number of ether oxygens (including phenoxy) is 1. The first-order valence-electron chi connectivity index (χ1n) is 7.10. The summed E-state index contributed by atoms with van der Waals surface area (Å²) in [5.41, 5.74) is 3.84. The molecule has 20 heavy (non-hydrogen) atoms. The van der Waals surface area contributed by atoms with Crippen molar-refractivity contribution in [3.05, 3.63) is 65.2 Å². The Morgan fingerprint density at radius 2 is 1.85 bits per heavy atom. The van der Waals surface area contributed by atoms with E-state index < -0.39 is 0 Å². The summed E-state index contributed by atoms with van der Waals surface area (Å²) >= 11 is 0. The van der Waals surface area contributed by atoms with Gasteiger partial charge in [0, 0.05) is 6.04 Å². The van der Waals surface area contributed by atoms with Gasteiger partial charge in [-0.05, 0) is 49.6 Å². The van der Waals surface area contributed by atoms with Gasteiger partial charge < -0.3 is 10.1 Å². The van der Waals surface area contributed by atoms with E-state index in [2.05, 4.69) is 60.8 Å². The van der Waals surface area contributed by atoms with Crippen molar-refractivity contribution in [2.45, 2.75) is 25.8 Å². The predicted octanol–water partition coefficient (Wildman–Crippen LogP) is 3.90. The number of hydrogen-bond donors (Lipinski definition) is 1. The maximum absolute atomic E-state index is 5.42. The highest BCUT2D eigenvalue weighted by Crippen LogP contribution is 2.25. The molecule has 0 amide bonds. The summed E-state index contributed by atoms with van der Waals surface area (Å²) in [6.07, 6.45) is 2.15. The molecule has 0 saturated heterocycles. The van der Waals surface area contributed by atoms with Crippen molar-refractivity contribution in [3.8, 4) is 5.75 Å². The van der Waals surface area contributed by atoms with Crippen molar-refractivity contribution >= 4 is 0 Å². The molecule has 2 nitrogen and oxygen atoms in total. The maximum Gasteiger partial charge on any atom is 0.122 e. The van der Waals surface area contributed by atoms with Crippen LogP contribution in [0.25, 0.3) is 0 Å². The van der Waals surface area contributed by atoms with Crippen LogP contribution in [0.2, 0.25) is 0 Å². The smallest absolute Gasteiger partial charge is 0.122 e. The number of hydrogen-bond acceptors (Lipinski definition) is 2. The zero-order chi connectivity index (χ0) is 14.4. The first-order chi connectivity index (χ1) is 9.74. The van der Waals surface area contributed by atoms with Crippen molar-refractivity contribution in [2.75, 3.05) is 14.2 Å². The van der Waals surface area contributed by atoms with Crippen LogP contribution < -0.4 is 10.1 Å². The fraction of sp³-hybridized carbons (Fsp3) is 0.333. The number of benzene rings is 2. The number of methoxy groups -OCH3 is 1. The van der Waals surface area contributed by atoms with E-state index in [1.165, 1.54) is 16.7 Å². The van der Waals surface area contributed by atoms with Crippen molar-refractivity contribution in [3.63, 3.8) is 0 Å². The Morgan fingerprint density at radius 1 is 1.10 bits per heavy atom. The first-order valence-corrected chi connectivity index (χ1v) is 7.10. The van der Waals surface area contributed by atoms with Crippen molar-refractivity contribution in [2.24, 2.45) is 0 Å². The van der Waals surface area contributed by atoms with Crippen LogP contribution in [0.1, 0.15) is 29.2 Å². The molecule has 0 aliphatic rings. The van der Waals surface area contributed by atoms with Crippen molar-refractivity contribution in [1.82, 2.24) is 5.32 Å². The SMILES string of the molecule is CNC(CCc1ccccc1)c1ccc(C)c(OC)c1. The minimum Gasteiger partial charge on any atom is -0.496 e. The molecule has 2 heteroatoms. The lowest BCUT2D eigenvalue weighted by Gasteiger charge is -2.18. The summed E-state index contributed by atoms with van der Waals surface area (Å²) in [5.74, 6) is 0.961. The molecule has 0 aliphatic carbocycles. The fourth-order valence-electron chi connectivity index (χ4n) is 2.49. The largest absolute Gasteiger partial charge is 0.496 e. The third-order valence-electron chi connectivity index (χ3n) is 3.75. The van der Waals surface area contributed by atoms with E-state index in [0.717, 1.165) is 18.6 Å². The van der Waals surface area contributed by atoms with Gasteiger partial charge in [0.2, 0.25) is 0 Å². The predicted molar refractivity (Wildman–Crippen MR) is 84.3 cm³/mol. The minimum atomic E-state index is 0.352. The van der Waals surface area contributed by atoms with Crippen molar-refractivity contribution < 1.29 is 4.74 Å². The molecule has 2 aromatic carbocycles. The van der Waals surface area contributed by atoms with E-state index >= 15 is 0 Å². The molecule has 1 unspecified atom stereocenters. The molecular weight excluding hydrogens is 246 g/mol. The van der Waals surface area contributed by atoms with Crippen LogP contribution in [0.5, 0.6) is 5.75 Å². The molecular formula is C18H23NO. The lowest BCUT2D eigenvalue weighted by atomic mass is 9.98. The van der Waals surface area contributed by atoms with Gasteiger partial charge in [0.25, 0.3) is 0 Å². The number of aryl methyl sites for hydroxylation is 2. The third-order valence-corrected chi connectivity index (χ3v) is 3.75. The lowest BCUT2D eigenvalue weighted by molar-refractivity contribution is 0.409. The van der Waals surface area contributed by atoms with Gasteiger partial charge in [-0.2, -0.15) is 0 Å². The molecule has 2 aromatic rings. The van der Waals surface area contributed by atoms with Crippen LogP contribution >= 0.6 is 0 Å². The monoisotopic (exact) mass is 269 g/mol. The summed E-state index contributed by atoms with van der Waals surface area (Å²) in [6, 6.07) is 17.4. The van der Waals surface area contributed by atoms with E-state index in [0.29, 0.717) is 6.04 Å². The Morgan fingerprint density at radius 3 is 2.50 bits per heavy atom. The van der Waals surface area contributed by atoms with Gasteiger partial charge in [0.15, 0.2) is 0 Å². The van der Waals surface area contributed by atoms with Crippen LogP contribution in [0.3, 0.4) is 0 Å². The lowest BCUT2D eigenvalue weighted by Crippen LogP contribution is -2.17. The van der Waals surface area contributed by atoms with Gasteiger partial charge in [-0.25, -0.2) is 0 Å². The average Bonchev–Trinajstić information content (AvgIpc) is 2.50. The molecule has 0 fully saturated rings. The molecule has 2 rings (SSSR count). The standard InChI is InChI=1S/C18H23NO/c1-14-9-11-16(13-18(14)20-3)17(19-2)12-10-15-7-5-4-6-8-15/h4-9,11,13,17,19H,10,12H2,1-3H3. The average molecular weight is 269 g/mol. The van der Waals surface area contributed by atoms with Gasteiger partial charge in [-0.3, -0.25) is 0 Å². The molecule has 0 bridgehead atoms. The second-order valence-corrected chi connectivity index (χ2v) is 5.09. The van der Waals surface area contributed by atoms with Gasteiger partial charge in [0.05, 0.1) is 7.11 Å². The highest BCUT2D eigenvalue weighted by atomic mass is 16.5. The second kappa shape index (κ2) is 7.11. The Bertz CT molecular complexity index is 536. The summed E-state index contributed by atoms with van der Waals surface area (Å²) in [5, 5.41) is 3.40. The normalized spacial score (nSPS) is 12.2. The first kappa shape index (κ1) is 14.6. The molecule has 0 spiro atoms. The minimum absolute atomic E-state index is 0.352. The molecule has 1 N–H and O–H groups in total. The Balaban J connectivity index is 2.08. The molecule has 0 saturated carbocycles. The van der Waals surface area contributed by atoms with Crippen LogP contribution in [-0.2, 0) is 6.42 Å². The molecule has 0 radical (unpaired) electrons. The molecule has 0 heterocycles. The van der Waals surface area contributed by atoms with E-state index in [4.69, 9.17) is 4.74 Å². The molecule has 0 aliphatic heterocycles. The van der Waals surface area contributed by atoms with Gasteiger partial charge in [0.1, 0.15) is 5.75 Å². The zero-order valence-corrected chi connectivity index (χ0v) is 12.5. The van der Waals surface area contributed by atoms with Gasteiger partial charge in [-0.15, -0.1) is 0 Å². The summed E-state index contributed by atoms with van der Waals surface area (Å²) in [6.45, 7) is 2.07. The van der Waals surface area contributed by atoms with E-state index in [9.17, 15) is 0 Å². The molecule has 1 atom stereocenters. The van der Waals surface area contributed by atoms with Gasteiger partial charge >= 0.3 is 0 Å². The highest BCUT2D eigenvalue weighted by Gasteiger charge is 2.11. The Hall–Kier alpha value is -1.80. The highest BCUT2D eigenvalue weighted by molar-refractivity contribution is 5.38. The van der Waals surface area contributed by atoms with Crippen LogP contribution in [0.4, 0.5) is 0 Å². The van der Waals surface area contributed by atoms with Crippen LogP contribution in [0.15, 0.2) is 48.5 Å². The quantitative estimate of drug-likeness (QED) is 0.859. The van der Waals surface area contributed by atoms with E-state index in [1.54, 1.807) is 7.11 Å². The number of rotatable bonds is 6. The Kier molecular flexibility index (Phi) is 5.19.